The van der Waals surface area contributed by atoms with E-state index in [1.165, 1.54) is 11.4 Å². The van der Waals surface area contributed by atoms with E-state index >= 15 is 0 Å². The number of nitriles is 2. The zero-order valence-corrected chi connectivity index (χ0v) is 12.6. The van der Waals surface area contributed by atoms with Crippen molar-refractivity contribution in [3.63, 3.8) is 0 Å². The van der Waals surface area contributed by atoms with Crippen LogP contribution >= 0.6 is 0 Å². The predicted octanol–water partition coefficient (Wildman–Crippen LogP) is 1.25. The fourth-order valence-corrected chi connectivity index (χ4v) is 3.35. The van der Waals surface area contributed by atoms with Gasteiger partial charge in [0.05, 0.1) is 30.1 Å². The quantitative estimate of drug-likeness (QED) is 0.720. The number of rotatable bonds is 8. The van der Waals surface area contributed by atoms with Crippen molar-refractivity contribution >= 4 is 10.0 Å². The second-order valence-corrected chi connectivity index (χ2v) is 6.29. The molecule has 0 aliphatic heterocycles. The minimum atomic E-state index is -3.60. The van der Waals surface area contributed by atoms with Crippen molar-refractivity contribution in [3.8, 4) is 12.1 Å². The van der Waals surface area contributed by atoms with E-state index < -0.39 is 10.0 Å². The standard InChI is InChI=1S/C14H17N3O3S/c1-20-10-9-17(8-4-7-15)21(18,19)12-14-6-3-2-5-13(14)11-16/h2-3,5-6H,4,8-10,12H2,1H3. The molecule has 0 atom stereocenters. The molecule has 0 aliphatic carbocycles. The molecular weight excluding hydrogens is 290 g/mol. The number of benzene rings is 1. The molecule has 112 valence electrons. The topological polar surface area (TPSA) is 94.2 Å². The number of sulfonamides is 1. The number of methoxy groups -OCH3 is 1. The summed E-state index contributed by atoms with van der Waals surface area (Å²) in [6, 6.07) is 10.5. The van der Waals surface area contributed by atoms with Crippen LogP contribution in [0.15, 0.2) is 24.3 Å². The van der Waals surface area contributed by atoms with Crippen molar-refractivity contribution < 1.29 is 13.2 Å². The Bertz CT molecular complexity index is 644. The lowest BCUT2D eigenvalue weighted by molar-refractivity contribution is 0.179. The van der Waals surface area contributed by atoms with Gasteiger partial charge in [0.25, 0.3) is 0 Å². The van der Waals surface area contributed by atoms with Gasteiger partial charge in [-0.25, -0.2) is 8.42 Å². The van der Waals surface area contributed by atoms with Crippen molar-refractivity contribution in [2.75, 3.05) is 26.8 Å². The van der Waals surface area contributed by atoms with Crippen molar-refractivity contribution in [2.45, 2.75) is 12.2 Å². The normalized spacial score (nSPS) is 11.0. The van der Waals surface area contributed by atoms with Crippen LogP contribution in [-0.2, 0) is 20.5 Å². The maximum atomic E-state index is 12.4. The van der Waals surface area contributed by atoms with Gasteiger partial charge in [0.2, 0.25) is 10.0 Å². The highest BCUT2D eigenvalue weighted by Gasteiger charge is 2.23. The van der Waals surface area contributed by atoms with Crippen LogP contribution < -0.4 is 0 Å². The summed E-state index contributed by atoms with van der Waals surface area (Å²) in [6.07, 6.45) is 0.114. The molecule has 1 aromatic rings. The van der Waals surface area contributed by atoms with Crippen LogP contribution in [0.3, 0.4) is 0 Å². The third-order valence-corrected chi connectivity index (χ3v) is 4.71. The van der Waals surface area contributed by atoms with E-state index in [2.05, 4.69) is 0 Å². The molecule has 0 bridgehead atoms. The highest BCUT2D eigenvalue weighted by molar-refractivity contribution is 7.88. The Balaban J connectivity index is 2.95. The zero-order valence-electron chi connectivity index (χ0n) is 11.8. The molecule has 1 aromatic carbocycles. The Morgan fingerprint density at radius 3 is 2.57 bits per heavy atom. The van der Waals surface area contributed by atoms with E-state index in [9.17, 15) is 8.42 Å². The maximum Gasteiger partial charge on any atom is 0.218 e. The summed E-state index contributed by atoms with van der Waals surface area (Å²) < 4.78 is 31.0. The minimum Gasteiger partial charge on any atom is -0.383 e. The van der Waals surface area contributed by atoms with Crippen molar-refractivity contribution in [3.05, 3.63) is 35.4 Å². The average molecular weight is 307 g/mol. The Kier molecular flexibility index (Phi) is 6.83. The summed E-state index contributed by atoms with van der Waals surface area (Å²) in [7, 11) is -2.12. The molecule has 21 heavy (non-hydrogen) atoms. The van der Waals surface area contributed by atoms with Crippen molar-refractivity contribution in [1.82, 2.24) is 4.31 Å². The first-order chi connectivity index (χ1) is 10.0. The van der Waals surface area contributed by atoms with E-state index in [0.717, 1.165) is 0 Å². The fraction of sp³-hybridized carbons (Fsp3) is 0.429. The lowest BCUT2D eigenvalue weighted by Gasteiger charge is -2.21. The smallest absolute Gasteiger partial charge is 0.218 e. The molecule has 0 spiro atoms. The molecule has 0 amide bonds. The summed E-state index contributed by atoms with van der Waals surface area (Å²) in [5, 5.41) is 17.6. The third kappa shape index (κ3) is 5.16. The lowest BCUT2D eigenvalue weighted by Crippen LogP contribution is -2.35. The zero-order chi connectivity index (χ0) is 15.7. The molecule has 0 fully saturated rings. The molecule has 0 aliphatic rings. The molecule has 0 heterocycles. The van der Waals surface area contributed by atoms with Gasteiger partial charge in [-0.1, -0.05) is 18.2 Å². The Labute approximate surface area is 125 Å². The highest BCUT2D eigenvalue weighted by atomic mass is 32.2. The minimum absolute atomic E-state index is 0.114. The lowest BCUT2D eigenvalue weighted by atomic mass is 10.1. The third-order valence-electron chi connectivity index (χ3n) is 2.89. The van der Waals surface area contributed by atoms with Gasteiger partial charge >= 0.3 is 0 Å². The van der Waals surface area contributed by atoms with E-state index in [1.54, 1.807) is 24.3 Å². The van der Waals surface area contributed by atoms with Gasteiger partial charge in [-0.05, 0) is 11.6 Å². The largest absolute Gasteiger partial charge is 0.383 e. The number of ether oxygens (including phenoxy) is 1. The molecule has 7 heteroatoms. The van der Waals surface area contributed by atoms with Crippen LogP contribution in [0.5, 0.6) is 0 Å². The summed E-state index contributed by atoms with van der Waals surface area (Å²) in [4.78, 5) is 0. The molecule has 0 aromatic heterocycles. The van der Waals surface area contributed by atoms with Gasteiger partial charge in [-0.2, -0.15) is 14.8 Å². The van der Waals surface area contributed by atoms with Crippen LogP contribution in [0.25, 0.3) is 0 Å². The molecule has 0 saturated carbocycles. The van der Waals surface area contributed by atoms with Crippen LogP contribution in [-0.4, -0.2) is 39.5 Å². The van der Waals surface area contributed by atoms with E-state index in [1.807, 2.05) is 12.1 Å². The van der Waals surface area contributed by atoms with Crippen LogP contribution in [0.1, 0.15) is 17.5 Å². The highest BCUT2D eigenvalue weighted by Crippen LogP contribution is 2.15. The number of hydrogen-bond donors (Lipinski definition) is 0. The summed E-state index contributed by atoms with van der Waals surface area (Å²) >= 11 is 0. The van der Waals surface area contributed by atoms with Gasteiger partial charge in [0.15, 0.2) is 0 Å². The number of hydrogen-bond acceptors (Lipinski definition) is 5. The van der Waals surface area contributed by atoms with Crippen LogP contribution in [0.4, 0.5) is 0 Å². The first-order valence-electron chi connectivity index (χ1n) is 6.37. The molecule has 0 radical (unpaired) electrons. The monoisotopic (exact) mass is 307 g/mol. The molecule has 0 saturated heterocycles. The molecule has 0 N–H and O–H groups in total. The van der Waals surface area contributed by atoms with Crippen molar-refractivity contribution in [1.29, 1.82) is 10.5 Å². The SMILES string of the molecule is COCCN(CCC#N)S(=O)(=O)Cc1ccccc1C#N. The van der Waals surface area contributed by atoms with Crippen molar-refractivity contribution in [2.24, 2.45) is 0 Å². The second kappa shape index (κ2) is 8.38. The molecule has 1 rings (SSSR count). The fourth-order valence-electron chi connectivity index (χ4n) is 1.80. The summed E-state index contributed by atoms with van der Waals surface area (Å²) in [5.74, 6) is -0.258. The maximum absolute atomic E-state index is 12.4. The van der Waals surface area contributed by atoms with E-state index in [0.29, 0.717) is 11.1 Å². The predicted molar refractivity (Wildman–Crippen MR) is 77.5 cm³/mol. The van der Waals surface area contributed by atoms with Gasteiger partial charge in [0.1, 0.15) is 0 Å². The first kappa shape index (κ1) is 17.1. The Morgan fingerprint density at radius 1 is 1.24 bits per heavy atom. The Morgan fingerprint density at radius 2 is 1.95 bits per heavy atom. The second-order valence-electron chi connectivity index (χ2n) is 4.33. The first-order valence-corrected chi connectivity index (χ1v) is 7.97. The van der Waals surface area contributed by atoms with Gasteiger partial charge in [0, 0.05) is 26.6 Å². The number of nitrogens with zero attached hydrogens (tertiary/aromatic N) is 3. The summed E-state index contributed by atoms with van der Waals surface area (Å²) in [6.45, 7) is 0.566. The van der Waals surface area contributed by atoms with Gasteiger partial charge < -0.3 is 4.74 Å². The van der Waals surface area contributed by atoms with Gasteiger partial charge in [-0.15, -0.1) is 0 Å². The average Bonchev–Trinajstić information content (AvgIpc) is 2.47. The van der Waals surface area contributed by atoms with Crippen LogP contribution in [0, 0.1) is 22.7 Å². The summed E-state index contributed by atoms with van der Waals surface area (Å²) in [5.41, 5.74) is 0.799. The van der Waals surface area contributed by atoms with E-state index in [4.69, 9.17) is 15.3 Å². The Hall–Kier alpha value is -1.93. The molecular formula is C14H17N3O3S. The van der Waals surface area contributed by atoms with E-state index in [-0.39, 0.29) is 31.9 Å². The van der Waals surface area contributed by atoms with Gasteiger partial charge in [-0.3, -0.25) is 0 Å². The van der Waals surface area contributed by atoms with Crippen LogP contribution in [0.2, 0.25) is 0 Å². The molecule has 6 nitrogen and oxygen atoms in total. The molecule has 0 unspecified atom stereocenters.